The van der Waals surface area contributed by atoms with Gasteiger partial charge in [0.1, 0.15) is 5.82 Å². The zero-order valence-electron chi connectivity index (χ0n) is 15.5. The van der Waals surface area contributed by atoms with E-state index in [1.54, 1.807) is 25.2 Å². The van der Waals surface area contributed by atoms with Gasteiger partial charge in [-0.25, -0.2) is 0 Å². The van der Waals surface area contributed by atoms with Gasteiger partial charge in [0.05, 0.1) is 0 Å². The Bertz CT molecular complexity index is 952. The SMILES string of the molecule is Cn1nc(C(=O)NCc2ccc(Cl)cc2)cc1NC(=O)CCc1ccccc1. The second-order valence-electron chi connectivity index (χ2n) is 6.38. The maximum atomic E-state index is 12.3. The molecule has 0 aliphatic heterocycles. The molecular weight excluding hydrogens is 376 g/mol. The summed E-state index contributed by atoms with van der Waals surface area (Å²) in [4.78, 5) is 24.5. The van der Waals surface area contributed by atoms with Crippen LogP contribution in [0.2, 0.25) is 5.02 Å². The van der Waals surface area contributed by atoms with Gasteiger partial charge in [0.25, 0.3) is 5.91 Å². The molecule has 0 aliphatic rings. The quantitative estimate of drug-likeness (QED) is 0.641. The molecule has 2 aromatic carbocycles. The van der Waals surface area contributed by atoms with Gasteiger partial charge >= 0.3 is 0 Å². The average Bonchev–Trinajstić information content (AvgIpc) is 3.07. The first-order valence-corrected chi connectivity index (χ1v) is 9.29. The number of hydrogen-bond donors (Lipinski definition) is 2. The molecule has 2 N–H and O–H groups in total. The summed E-state index contributed by atoms with van der Waals surface area (Å²) >= 11 is 5.85. The smallest absolute Gasteiger partial charge is 0.272 e. The minimum absolute atomic E-state index is 0.125. The third-order valence-electron chi connectivity index (χ3n) is 4.23. The van der Waals surface area contributed by atoms with Crippen LogP contribution in [0, 0.1) is 0 Å². The molecule has 0 bridgehead atoms. The summed E-state index contributed by atoms with van der Waals surface area (Å²) in [7, 11) is 1.68. The predicted molar refractivity (Wildman–Crippen MR) is 109 cm³/mol. The second-order valence-corrected chi connectivity index (χ2v) is 6.82. The van der Waals surface area contributed by atoms with Gasteiger partial charge in [-0.15, -0.1) is 0 Å². The van der Waals surface area contributed by atoms with Gasteiger partial charge < -0.3 is 10.6 Å². The monoisotopic (exact) mass is 396 g/mol. The lowest BCUT2D eigenvalue weighted by molar-refractivity contribution is -0.116. The van der Waals surface area contributed by atoms with Crippen LogP contribution in [0.1, 0.15) is 28.0 Å². The van der Waals surface area contributed by atoms with Crippen LogP contribution in [-0.2, 0) is 24.8 Å². The highest BCUT2D eigenvalue weighted by molar-refractivity contribution is 6.30. The lowest BCUT2D eigenvalue weighted by Crippen LogP contribution is -2.23. The molecule has 0 fully saturated rings. The fraction of sp³-hybridized carbons (Fsp3) is 0.190. The van der Waals surface area contributed by atoms with Crippen molar-refractivity contribution in [2.45, 2.75) is 19.4 Å². The molecule has 144 valence electrons. The van der Waals surface area contributed by atoms with Crippen molar-refractivity contribution >= 4 is 29.2 Å². The molecule has 7 heteroatoms. The Labute approximate surface area is 168 Å². The molecule has 0 unspecified atom stereocenters. The number of hydrogen-bond acceptors (Lipinski definition) is 3. The first-order valence-electron chi connectivity index (χ1n) is 8.92. The van der Waals surface area contributed by atoms with Crippen LogP contribution in [0.3, 0.4) is 0 Å². The third-order valence-corrected chi connectivity index (χ3v) is 4.48. The maximum absolute atomic E-state index is 12.3. The van der Waals surface area contributed by atoms with E-state index in [1.165, 1.54) is 4.68 Å². The standard InChI is InChI=1S/C21H21ClN4O2/c1-26-19(24-20(27)12-9-15-5-3-2-4-6-15)13-18(25-26)21(28)23-14-16-7-10-17(22)11-8-16/h2-8,10-11,13H,9,12,14H2,1H3,(H,23,28)(H,24,27). The van der Waals surface area contributed by atoms with E-state index < -0.39 is 0 Å². The van der Waals surface area contributed by atoms with E-state index in [0.717, 1.165) is 11.1 Å². The molecular formula is C21H21ClN4O2. The third kappa shape index (κ3) is 5.44. The average molecular weight is 397 g/mol. The molecule has 2 amide bonds. The first kappa shape index (κ1) is 19.6. The van der Waals surface area contributed by atoms with E-state index in [2.05, 4.69) is 15.7 Å². The molecule has 6 nitrogen and oxygen atoms in total. The van der Waals surface area contributed by atoms with Crippen LogP contribution in [0.15, 0.2) is 60.7 Å². The van der Waals surface area contributed by atoms with Gasteiger partial charge in [-0.05, 0) is 29.7 Å². The van der Waals surface area contributed by atoms with Gasteiger partial charge in [0.15, 0.2) is 5.69 Å². The van der Waals surface area contributed by atoms with Gasteiger partial charge in [0.2, 0.25) is 5.91 Å². The van der Waals surface area contributed by atoms with Crippen LogP contribution in [-0.4, -0.2) is 21.6 Å². The first-order chi connectivity index (χ1) is 13.5. The van der Waals surface area contributed by atoms with Crippen LogP contribution < -0.4 is 10.6 Å². The van der Waals surface area contributed by atoms with Crippen molar-refractivity contribution < 1.29 is 9.59 Å². The highest BCUT2D eigenvalue weighted by Crippen LogP contribution is 2.12. The molecule has 0 spiro atoms. The van der Waals surface area contributed by atoms with Crippen molar-refractivity contribution in [1.82, 2.24) is 15.1 Å². The van der Waals surface area contributed by atoms with Gasteiger partial charge in [-0.1, -0.05) is 54.1 Å². The Kier molecular flexibility index (Phi) is 6.45. The van der Waals surface area contributed by atoms with Crippen LogP contribution in [0.4, 0.5) is 5.82 Å². The highest BCUT2D eigenvalue weighted by atomic mass is 35.5. The Morgan fingerprint density at radius 3 is 2.46 bits per heavy atom. The van der Waals surface area contributed by atoms with Gasteiger partial charge in [0, 0.05) is 31.1 Å². The maximum Gasteiger partial charge on any atom is 0.272 e. The number of aryl methyl sites for hydroxylation is 2. The van der Waals surface area contributed by atoms with E-state index in [1.807, 2.05) is 42.5 Å². The number of halogens is 1. The normalized spacial score (nSPS) is 10.5. The largest absolute Gasteiger partial charge is 0.347 e. The van der Waals surface area contributed by atoms with Crippen LogP contribution in [0.25, 0.3) is 0 Å². The second kappa shape index (κ2) is 9.19. The summed E-state index contributed by atoms with van der Waals surface area (Å²) in [5.41, 5.74) is 2.28. The van der Waals surface area contributed by atoms with Gasteiger partial charge in [-0.2, -0.15) is 5.10 Å². The summed E-state index contributed by atoms with van der Waals surface area (Å²) in [5, 5.41) is 10.4. The van der Waals surface area contributed by atoms with Crippen LogP contribution in [0.5, 0.6) is 0 Å². The Balaban J connectivity index is 1.53. The molecule has 3 aromatic rings. The molecule has 1 aromatic heterocycles. The lowest BCUT2D eigenvalue weighted by atomic mass is 10.1. The zero-order chi connectivity index (χ0) is 19.9. The fourth-order valence-corrected chi connectivity index (χ4v) is 2.80. The summed E-state index contributed by atoms with van der Waals surface area (Å²) < 4.78 is 1.48. The topological polar surface area (TPSA) is 76.0 Å². The number of nitrogens with zero attached hydrogens (tertiary/aromatic N) is 2. The van der Waals surface area contributed by atoms with Crippen LogP contribution >= 0.6 is 11.6 Å². The van der Waals surface area contributed by atoms with Crippen molar-refractivity contribution in [2.24, 2.45) is 7.05 Å². The number of amides is 2. The van der Waals surface area contributed by atoms with Crippen molar-refractivity contribution in [3.8, 4) is 0 Å². The minimum atomic E-state index is -0.310. The summed E-state index contributed by atoms with van der Waals surface area (Å²) in [6.07, 6.45) is 1.01. The number of carbonyl (C=O) groups is 2. The molecule has 1 heterocycles. The molecule has 0 saturated carbocycles. The zero-order valence-corrected chi connectivity index (χ0v) is 16.2. The van der Waals surface area contributed by atoms with Crippen molar-refractivity contribution in [1.29, 1.82) is 0 Å². The van der Waals surface area contributed by atoms with Crippen molar-refractivity contribution in [3.05, 3.63) is 82.5 Å². The molecule has 0 aliphatic carbocycles. The van der Waals surface area contributed by atoms with Crippen molar-refractivity contribution in [2.75, 3.05) is 5.32 Å². The molecule has 3 rings (SSSR count). The van der Waals surface area contributed by atoms with Crippen molar-refractivity contribution in [3.63, 3.8) is 0 Å². The van der Waals surface area contributed by atoms with E-state index in [-0.39, 0.29) is 17.5 Å². The fourth-order valence-electron chi connectivity index (χ4n) is 2.68. The van der Waals surface area contributed by atoms with E-state index in [0.29, 0.717) is 30.2 Å². The van der Waals surface area contributed by atoms with E-state index in [9.17, 15) is 9.59 Å². The number of benzene rings is 2. The molecule has 28 heavy (non-hydrogen) atoms. The Morgan fingerprint density at radius 1 is 1.04 bits per heavy atom. The summed E-state index contributed by atoms with van der Waals surface area (Å²) in [6, 6.07) is 18.6. The van der Waals surface area contributed by atoms with Gasteiger partial charge in [-0.3, -0.25) is 14.3 Å². The number of aromatic nitrogens is 2. The lowest BCUT2D eigenvalue weighted by Gasteiger charge is -2.05. The Morgan fingerprint density at radius 2 is 1.75 bits per heavy atom. The number of nitrogens with one attached hydrogen (secondary N) is 2. The number of anilines is 1. The number of rotatable bonds is 7. The number of carbonyl (C=O) groups excluding carboxylic acids is 2. The molecule has 0 saturated heterocycles. The summed E-state index contributed by atoms with van der Waals surface area (Å²) in [6.45, 7) is 0.366. The van der Waals surface area contributed by atoms with E-state index in [4.69, 9.17) is 11.6 Å². The molecule has 0 atom stereocenters. The molecule has 0 radical (unpaired) electrons. The Hall–Kier alpha value is -3.12. The minimum Gasteiger partial charge on any atom is -0.347 e. The predicted octanol–water partition coefficient (Wildman–Crippen LogP) is 3.57. The summed E-state index contributed by atoms with van der Waals surface area (Å²) in [5.74, 6) is 0.0463. The highest BCUT2D eigenvalue weighted by Gasteiger charge is 2.14. The van der Waals surface area contributed by atoms with E-state index >= 15 is 0 Å².